The molecular formula is C6H14N6. The van der Waals surface area contributed by atoms with Crippen LogP contribution in [0.1, 0.15) is 13.8 Å². The molecule has 0 aliphatic carbocycles. The summed E-state index contributed by atoms with van der Waals surface area (Å²) in [6.07, 6.45) is 0. The SMILES string of the molecule is Cn1nnnc1NCC(C)(C)N. The second kappa shape index (κ2) is 3.06. The summed E-state index contributed by atoms with van der Waals surface area (Å²) in [6.45, 7) is 4.51. The van der Waals surface area contributed by atoms with E-state index in [1.165, 1.54) is 0 Å². The van der Waals surface area contributed by atoms with Crippen LogP contribution in [0.2, 0.25) is 0 Å². The molecule has 0 aliphatic rings. The summed E-state index contributed by atoms with van der Waals surface area (Å²) in [5.74, 6) is 0.633. The maximum atomic E-state index is 5.76. The van der Waals surface area contributed by atoms with Crippen molar-refractivity contribution < 1.29 is 0 Å². The number of hydrogen-bond donors (Lipinski definition) is 2. The van der Waals surface area contributed by atoms with E-state index in [-0.39, 0.29) is 5.54 Å². The van der Waals surface area contributed by atoms with Gasteiger partial charge in [0, 0.05) is 19.1 Å². The Balaban J connectivity index is 2.49. The van der Waals surface area contributed by atoms with Crippen LogP contribution in [0.3, 0.4) is 0 Å². The van der Waals surface area contributed by atoms with Gasteiger partial charge in [-0.2, -0.15) is 0 Å². The van der Waals surface area contributed by atoms with Crippen LogP contribution >= 0.6 is 0 Å². The molecule has 1 heterocycles. The largest absolute Gasteiger partial charge is 0.351 e. The second-order valence-electron chi connectivity index (χ2n) is 3.47. The number of hydrogen-bond acceptors (Lipinski definition) is 5. The van der Waals surface area contributed by atoms with E-state index >= 15 is 0 Å². The van der Waals surface area contributed by atoms with Crippen LogP contribution in [0.4, 0.5) is 5.95 Å². The third-order valence-electron chi connectivity index (χ3n) is 1.32. The van der Waals surface area contributed by atoms with E-state index in [4.69, 9.17) is 5.73 Å². The average Bonchev–Trinajstić information content (AvgIpc) is 2.29. The van der Waals surface area contributed by atoms with Crippen molar-refractivity contribution in [2.75, 3.05) is 11.9 Å². The number of nitrogens with two attached hydrogens (primary N) is 1. The van der Waals surface area contributed by atoms with Crippen LogP contribution in [0.5, 0.6) is 0 Å². The summed E-state index contributed by atoms with van der Waals surface area (Å²) in [6, 6.07) is 0. The van der Waals surface area contributed by atoms with E-state index in [2.05, 4.69) is 20.8 Å². The third kappa shape index (κ3) is 2.46. The van der Waals surface area contributed by atoms with Gasteiger partial charge in [0.2, 0.25) is 5.95 Å². The molecule has 0 radical (unpaired) electrons. The number of tetrazole rings is 1. The van der Waals surface area contributed by atoms with Gasteiger partial charge in [-0.3, -0.25) is 0 Å². The van der Waals surface area contributed by atoms with Crippen molar-refractivity contribution in [3.63, 3.8) is 0 Å². The first-order valence-electron chi connectivity index (χ1n) is 3.74. The molecule has 0 aliphatic heterocycles. The van der Waals surface area contributed by atoms with Crippen LogP contribution in [-0.4, -0.2) is 32.3 Å². The molecule has 6 nitrogen and oxygen atoms in total. The molecule has 6 heteroatoms. The van der Waals surface area contributed by atoms with Crippen molar-refractivity contribution in [2.24, 2.45) is 12.8 Å². The third-order valence-corrected chi connectivity index (χ3v) is 1.32. The van der Waals surface area contributed by atoms with E-state index in [1.54, 1.807) is 11.7 Å². The topological polar surface area (TPSA) is 81.7 Å². The number of aryl methyl sites for hydroxylation is 1. The van der Waals surface area contributed by atoms with E-state index in [1.807, 2.05) is 13.8 Å². The maximum absolute atomic E-state index is 5.76. The minimum Gasteiger partial charge on any atom is -0.351 e. The van der Waals surface area contributed by atoms with E-state index in [0.29, 0.717) is 12.5 Å². The quantitative estimate of drug-likeness (QED) is 0.630. The van der Waals surface area contributed by atoms with Crippen LogP contribution in [-0.2, 0) is 7.05 Å². The Morgan fingerprint density at radius 1 is 1.58 bits per heavy atom. The minimum atomic E-state index is -0.258. The molecule has 1 aromatic rings. The van der Waals surface area contributed by atoms with Crippen LogP contribution in [0.15, 0.2) is 0 Å². The first-order valence-corrected chi connectivity index (χ1v) is 3.74. The Hall–Kier alpha value is -1.17. The summed E-state index contributed by atoms with van der Waals surface area (Å²) in [5.41, 5.74) is 5.50. The Morgan fingerprint density at radius 3 is 2.67 bits per heavy atom. The molecular weight excluding hydrogens is 156 g/mol. The number of rotatable bonds is 3. The molecule has 68 valence electrons. The maximum Gasteiger partial charge on any atom is 0.242 e. The lowest BCUT2D eigenvalue weighted by Gasteiger charge is -2.18. The van der Waals surface area contributed by atoms with Crippen molar-refractivity contribution >= 4 is 5.95 Å². The van der Waals surface area contributed by atoms with Gasteiger partial charge in [-0.25, -0.2) is 4.68 Å². The van der Waals surface area contributed by atoms with Crippen molar-refractivity contribution in [3.8, 4) is 0 Å². The fourth-order valence-electron chi connectivity index (χ4n) is 0.686. The molecule has 0 saturated heterocycles. The number of nitrogens with zero attached hydrogens (tertiary/aromatic N) is 4. The first kappa shape index (κ1) is 8.92. The van der Waals surface area contributed by atoms with Gasteiger partial charge < -0.3 is 11.1 Å². The molecule has 0 atom stereocenters. The molecule has 1 rings (SSSR count). The fourth-order valence-corrected chi connectivity index (χ4v) is 0.686. The molecule has 0 bridgehead atoms. The molecule has 0 unspecified atom stereocenters. The van der Waals surface area contributed by atoms with Gasteiger partial charge in [0.1, 0.15) is 0 Å². The van der Waals surface area contributed by atoms with Crippen LogP contribution in [0.25, 0.3) is 0 Å². The predicted octanol–water partition coefficient (Wildman–Crippen LogP) is -0.641. The Kier molecular flexibility index (Phi) is 2.27. The molecule has 3 N–H and O–H groups in total. The van der Waals surface area contributed by atoms with Crippen LogP contribution in [0, 0.1) is 0 Å². The first-order chi connectivity index (χ1) is 5.49. The second-order valence-corrected chi connectivity index (χ2v) is 3.47. The number of aromatic nitrogens is 4. The van der Waals surface area contributed by atoms with Gasteiger partial charge >= 0.3 is 0 Å². The Morgan fingerprint density at radius 2 is 2.25 bits per heavy atom. The van der Waals surface area contributed by atoms with Gasteiger partial charge in [-0.15, -0.1) is 0 Å². The van der Waals surface area contributed by atoms with Crippen LogP contribution < -0.4 is 11.1 Å². The summed E-state index contributed by atoms with van der Waals surface area (Å²) in [4.78, 5) is 0. The predicted molar refractivity (Wildman–Crippen MR) is 45.6 cm³/mol. The molecule has 0 spiro atoms. The van der Waals surface area contributed by atoms with E-state index < -0.39 is 0 Å². The molecule has 0 amide bonds. The number of nitrogens with one attached hydrogen (secondary N) is 1. The highest BCUT2D eigenvalue weighted by Gasteiger charge is 2.11. The zero-order valence-electron chi connectivity index (χ0n) is 7.57. The lowest BCUT2D eigenvalue weighted by atomic mass is 10.1. The van der Waals surface area contributed by atoms with Crippen molar-refractivity contribution in [2.45, 2.75) is 19.4 Å². The zero-order valence-corrected chi connectivity index (χ0v) is 7.57. The van der Waals surface area contributed by atoms with Crippen molar-refractivity contribution in [3.05, 3.63) is 0 Å². The molecule has 0 fully saturated rings. The Bertz CT molecular complexity index is 247. The monoisotopic (exact) mass is 170 g/mol. The van der Waals surface area contributed by atoms with E-state index in [9.17, 15) is 0 Å². The molecule has 12 heavy (non-hydrogen) atoms. The minimum absolute atomic E-state index is 0.258. The smallest absolute Gasteiger partial charge is 0.242 e. The molecule has 0 aromatic carbocycles. The highest BCUT2D eigenvalue weighted by Crippen LogP contribution is 2.00. The van der Waals surface area contributed by atoms with Gasteiger partial charge in [-0.05, 0) is 24.3 Å². The standard InChI is InChI=1S/C6H14N6/c1-6(2,7)4-8-5-9-10-11-12(5)3/h4,7H2,1-3H3,(H,8,9,11). The lowest BCUT2D eigenvalue weighted by Crippen LogP contribution is -2.40. The van der Waals surface area contributed by atoms with Gasteiger partial charge in [-0.1, -0.05) is 5.10 Å². The highest BCUT2D eigenvalue weighted by atomic mass is 15.6. The highest BCUT2D eigenvalue weighted by molar-refractivity contribution is 5.21. The Labute approximate surface area is 71.1 Å². The van der Waals surface area contributed by atoms with Gasteiger partial charge in [0.25, 0.3) is 0 Å². The zero-order chi connectivity index (χ0) is 9.19. The molecule has 1 aromatic heterocycles. The van der Waals surface area contributed by atoms with Crippen molar-refractivity contribution in [1.29, 1.82) is 0 Å². The van der Waals surface area contributed by atoms with Gasteiger partial charge in [0.15, 0.2) is 0 Å². The average molecular weight is 170 g/mol. The lowest BCUT2D eigenvalue weighted by molar-refractivity contribution is 0.545. The number of anilines is 1. The van der Waals surface area contributed by atoms with E-state index in [0.717, 1.165) is 0 Å². The van der Waals surface area contributed by atoms with Gasteiger partial charge in [0.05, 0.1) is 0 Å². The van der Waals surface area contributed by atoms with Crippen molar-refractivity contribution in [1.82, 2.24) is 20.2 Å². The molecule has 0 saturated carbocycles. The summed E-state index contributed by atoms with van der Waals surface area (Å²) < 4.78 is 1.56. The fraction of sp³-hybridized carbons (Fsp3) is 0.833. The summed E-state index contributed by atoms with van der Waals surface area (Å²) in [5, 5.41) is 13.9. The summed E-state index contributed by atoms with van der Waals surface area (Å²) in [7, 11) is 1.77. The normalized spacial score (nSPS) is 11.7. The summed E-state index contributed by atoms with van der Waals surface area (Å²) >= 11 is 0.